The van der Waals surface area contributed by atoms with Crippen LogP contribution in [0.4, 0.5) is 0 Å². The Morgan fingerprint density at radius 2 is 1.83 bits per heavy atom. The molecule has 6 heteroatoms. The van der Waals surface area contributed by atoms with E-state index in [-0.39, 0.29) is 29.2 Å². The van der Waals surface area contributed by atoms with E-state index in [2.05, 4.69) is 5.32 Å². The lowest BCUT2D eigenvalue weighted by Gasteiger charge is -2.38. The highest BCUT2D eigenvalue weighted by Gasteiger charge is 2.37. The number of esters is 1. The van der Waals surface area contributed by atoms with Gasteiger partial charge in [-0.25, -0.2) is 0 Å². The molecule has 0 radical (unpaired) electrons. The van der Waals surface area contributed by atoms with Crippen molar-refractivity contribution in [1.82, 2.24) is 10.2 Å². The van der Waals surface area contributed by atoms with Gasteiger partial charge in [0, 0.05) is 20.0 Å². The molecule has 2 amide bonds. The van der Waals surface area contributed by atoms with Crippen molar-refractivity contribution in [2.45, 2.75) is 70.8 Å². The van der Waals surface area contributed by atoms with Crippen LogP contribution in [0.15, 0.2) is 0 Å². The maximum atomic E-state index is 12.6. The van der Waals surface area contributed by atoms with E-state index in [0.717, 1.165) is 44.9 Å². The van der Waals surface area contributed by atoms with Gasteiger partial charge >= 0.3 is 5.97 Å². The first-order valence-corrected chi connectivity index (χ1v) is 9.09. The van der Waals surface area contributed by atoms with E-state index in [1.807, 2.05) is 0 Å². The minimum Gasteiger partial charge on any atom is -0.469 e. The average Bonchev–Trinajstić information content (AvgIpc) is 2.60. The van der Waals surface area contributed by atoms with Crippen molar-refractivity contribution in [3.63, 3.8) is 0 Å². The summed E-state index contributed by atoms with van der Waals surface area (Å²) >= 11 is 0. The van der Waals surface area contributed by atoms with E-state index in [0.29, 0.717) is 19.5 Å². The molecule has 0 spiro atoms. The molecule has 0 aromatic rings. The van der Waals surface area contributed by atoms with E-state index >= 15 is 0 Å². The molecule has 6 nitrogen and oxygen atoms in total. The van der Waals surface area contributed by atoms with Gasteiger partial charge in [-0.2, -0.15) is 0 Å². The van der Waals surface area contributed by atoms with Crippen molar-refractivity contribution < 1.29 is 19.1 Å². The van der Waals surface area contributed by atoms with Crippen molar-refractivity contribution in [2.75, 3.05) is 20.2 Å². The summed E-state index contributed by atoms with van der Waals surface area (Å²) in [5.41, 5.74) is -0.198. The quantitative estimate of drug-likeness (QED) is 0.778. The Hall–Kier alpha value is -1.59. The maximum Gasteiger partial charge on any atom is 0.306 e. The standard InChI is InChI=1S/C18H30N2O4/c1-14(21)20-11-7-4-8-15(20)17(23)19-13-18(12-16(22)24-2)9-5-3-6-10-18/h15H,3-13H2,1-2H3,(H,19,23)/t15-/m1/s1. The molecule has 0 bridgehead atoms. The van der Waals surface area contributed by atoms with Crippen molar-refractivity contribution in [2.24, 2.45) is 5.41 Å². The third-order valence-electron chi connectivity index (χ3n) is 5.51. The second-order valence-corrected chi connectivity index (χ2v) is 7.26. The molecule has 1 aliphatic carbocycles. The molecule has 2 aliphatic rings. The smallest absolute Gasteiger partial charge is 0.306 e. The Morgan fingerprint density at radius 3 is 2.46 bits per heavy atom. The van der Waals surface area contributed by atoms with Crippen LogP contribution in [0.1, 0.15) is 64.7 Å². The predicted octanol–water partition coefficient (Wildman–Crippen LogP) is 2.02. The van der Waals surface area contributed by atoms with Crippen LogP contribution in [0.2, 0.25) is 0 Å². The molecule has 1 heterocycles. The number of nitrogens with zero attached hydrogens (tertiary/aromatic N) is 1. The van der Waals surface area contributed by atoms with Gasteiger partial charge in [-0.1, -0.05) is 19.3 Å². The van der Waals surface area contributed by atoms with Gasteiger partial charge in [0.05, 0.1) is 13.5 Å². The summed E-state index contributed by atoms with van der Waals surface area (Å²) in [6, 6.07) is -0.366. The van der Waals surface area contributed by atoms with Crippen molar-refractivity contribution in [3.05, 3.63) is 0 Å². The molecule has 1 saturated heterocycles. The van der Waals surface area contributed by atoms with Crippen molar-refractivity contribution in [3.8, 4) is 0 Å². The zero-order valence-electron chi connectivity index (χ0n) is 14.9. The van der Waals surface area contributed by atoms with E-state index in [9.17, 15) is 14.4 Å². The lowest BCUT2D eigenvalue weighted by molar-refractivity contribution is -0.144. The zero-order chi connectivity index (χ0) is 17.6. The van der Waals surface area contributed by atoms with Crippen LogP contribution in [0.3, 0.4) is 0 Å². The molecule has 1 atom stereocenters. The van der Waals surface area contributed by atoms with Crippen LogP contribution in [0.5, 0.6) is 0 Å². The number of amides is 2. The van der Waals surface area contributed by atoms with E-state index in [4.69, 9.17) is 4.74 Å². The van der Waals surface area contributed by atoms with Gasteiger partial charge in [-0.3, -0.25) is 14.4 Å². The Labute approximate surface area is 144 Å². The Morgan fingerprint density at radius 1 is 1.12 bits per heavy atom. The van der Waals surface area contributed by atoms with Gasteiger partial charge < -0.3 is 15.0 Å². The van der Waals surface area contributed by atoms with Crippen LogP contribution in [-0.4, -0.2) is 48.9 Å². The van der Waals surface area contributed by atoms with E-state index in [1.54, 1.807) is 4.90 Å². The van der Waals surface area contributed by atoms with Crippen LogP contribution in [0.25, 0.3) is 0 Å². The molecule has 1 saturated carbocycles. The first-order chi connectivity index (χ1) is 11.5. The van der Waals surface area contributed by atoms with Gasteiger partial charge in [0.25, 0.3) is 0 Å². The number of carbonyl (C=O) groups excluding carboxylic acids is 3. The molecular weight excluding hydrogens is 308 g/mol. The fourth-order valence-electron chi connectivity index (χ4n) is 4.07. The highest BCUT2D eigenvalue weighted by atomic mass is 16.5. The van der Waals surface area contributed by atoms with Gasteiger partial charge in [0.15, 0.2) is 0 Å². The predicted molar refractivity (Wildman–Crippen MR) is 90.2 cm³/mol. The SMILES string of the molecule is COC(=O)CC1(CNC(=O)[C@H]2CCCCN2C(C)=O)CCCCC1. The summed E-state index contributed by atoms with van der Waals surface area (Å²) in [6.07, 6.45) is 8.20. The van der Waals surface area contributed by atoms with Crippen molar-refractivity contribution >= 4 is 17.8 Å². The van der Waals surface area contributed by atoms with Gasteiger partial charge in [-0.05, 0) is 37.5 Å². The van der Waals surface area contributed by atoms with Crippen LogP contribution >= 0.6 is 0 Å². The summed E-state index contributed by atoms with van der Waals surface area (Å²) in [5, 5.41) is 3.04. The molecule has 136 valence electrons. The van der Waals surface area contributed by atoms with Crippen LogP contribution in [0, 0.1) is 5.41 Å². The minimum atomic E-state index is -0.366. The Bertz CT molecular complexity index is 472. The third-order valence-corrected chi connectivity index (χ3v) is 5.51. The number of methoxy groups -OCH3 is 1. The minimum absolute atomic E-state index is 0.0446. The van der Waals surface area contributed by atoms with Crippen molar-refractivity contribution in [1.29, 1.82) is 0 Å². The molecule has 0 aromatic heterocycles. The van der Waals surface area contributed by atoms with E-state index < -0.39 is 0 Å². The second-order valence-electron chi connectivity index (χ2n) is 7.26. The summed E-state index contributed by atoms with van der Waals surface area (Å²) in [6.45, 7) is 2.66. The first-order valence-electron chi connectivity index (χ1n) is 9.09. The number of likely N-dealkylation sites (tertiary alicyclic amines) is 1. The normalized spacial score (nSPS) is 23.4. The number of ether oxygens (including phenoxy) is 1. The summed E-state index contributed by atoms with van der Waals surface area (Å²) < 4.78 is 4.85. The maximum absolute atomic E-state index is 12.6. The average molecular weight is 338 g/mol. The summed E-state index contributed by atoms with van der Waals surface area (Å²) in [7, 11) is 1.41. The molecule has 2 fully saturated rings. The zero-order valence-corrected chi connectivity index (χ0v) is 14.9. The number of hydrogen-bond acceptors (Lipinski definition) is 4. The Kier molecular flexibility index (Phi) is 6.63. The van der Waals surface area contributed by atoms with Gasteiger partial charge in [0.2, 0.25) is 11.8 Å². The molecule has 24 heavy (non-hydrogen) atoms. The molecule has 2 rings (SSSR count). The number of hydrogen-bond donors (Lipinski definition) is 1. The molecule has 1 N–H and O–H groups in total. The highest BCUT2D eigenvalue weighted by molar-refractivity contribution is 5.87. The lowest BCUT2D eigenvalue weighted by atomic mass is 9.71. The monoisotopic (exact) mass is 338 g/mol. The van der Waals surface area contributed by atoms with Crippen LogP contribution in [-0.2, 0) is 19.1 Å². The summed E-state index contributed by atoms with van der Waals surface area (Å²) in [5.74, 6) is -0.342. The fraction of sp³-hybridized carbons (Fsp3) is 0.833. The number of piperidine rings is 1. The third kappa shape index (κ3) is 4.71. The second kappa shape index (κ2) is 8.49. The molecule has 0 unspecified atom stereocenters. The highest BCUT2D eigenvalue weighted by Crippen LogP contribution is 2.39. The largest absolute Gasteiger partial charge is 0.469 e. The molecule has 0 aromatic carbocycles. The van der Waals surface area contributed by atoms with Gasteiger partial charge in [-0.15, -0.1) is 0 Å². The lowest BCUT2D eigenvalue weighted by Crippen LogP contribution is -2.53. The van der Waals surface area contributed by atoms with E-state index in [1.165, 1.54) is 20.5 Å². The Balaban J connectivity index is 1.98. The summed E-state index contributed by atoms with van der Waals surface area (Å²) in [4.78, 5) is 37.8. The first kappa shape index (κ1) is 18.7. The van der Waals surface area contributed by atoms with Crippen LogP contribution < -0.4 is 5.32 Å². The fourth-order valence-corrected chi connectivity index (χ4v) is 4.07. The number of carbonyl (C=O) groups is 3. The molecular formula is C18H30N2O4. The molecule has 1 aliphatic heterocycles. The topological polar surface area (TPSA) is 75.7 Å². The number of nitrogens with one attached hydrogen (secondary N) is 1. The number of rotatable bonds is 5. The van der Waals surface area contributed by atoms with Gasteiger partial charge in [0.1, 0.15) is 6.04 Å².